The van der Waals surface area contributed by atoms with Crippen molar-refractivity contribution < 1.29 is 17.7 Å². The van der Waals surface area contributed by atoms with Crippen LogP contribution in [0.1, 0.15) is 52.1 Å². The number of benzene rings is 1. The number of aromatic nitrogens is 2. The van der Waals surface area contributed by atoms with Gasteiger partial charge in [0, 0.05) is 28.7 Å². The third-order valence-corrected chi connectivity index (χ3v) is 6.77. The second-order valence-corrected chi connectivity index (χ2v) is 9.64. The molecule has 2 N–H and O–H groups in total. The molecule has 1 aromatic carbocycles. The van der Waals surface area contributed by atoms with Crippen LogP contribution in [0.2, 0.25) is 0 Å². The Labute approximate surface area is 181 Å². The van der Waals surface area contributed by atoms with E-state index in [2.05, 4.69) is 10.1 Å². The van der Waals surface area contributed by atoms with E-state index in [-0.39, 0.29) is 16.7 Å². The summed E-state index contributed by atoms with van der Waals surface area (Å²) in [6.45, 7) is 6.85. The number of nitrogens with zero attached hydrogens (tertiary/aromatic N) is 3. The summed E-state index contributed by atoms with van der Waals surface area (Å²) in [5.41, 5.74) is 3.99. The smallest absolute Gasteiger partial charge is 0.238 e. The van der Waals surface area contributed by atoms with Crippen molar-refractivity contribution in [1.29, 1.82) is 0 Å². The van der Waals surface area contributed by atoms with E-state index in [0.717, 1.165) is 47.9 Å². The van der Waals surface area contributed by atoms with E-state index in [1.165, 1.54) is 12.1 Å². The molecule has 3 aromatic rings. The third kappa shape index (κ3) is 4.21. The highest BCUT2D eigenvalue weighted by Crippen LogP contribution is 2.32. The molecule has 3 heterocycles. The number of ketones is 1. The molecule has 1 saturated heterocycles. The lowest BCUT2D eigenvalue weighted by Crippen LogP contribution is -2.29. The lowest BCUT2D eigenvalue weighted by Gasteiger charge is -2.21. The third-order valence-electron chi connectivity index (χ3n) is 5.84. The van der Waals surface area contributed by atoms with Crippen molar-refractivity contribution in [2.45, 2.75) is 44.6 Å². The summed E-state index contributed by atoms with van der Waals surface area (Å²) in [6, 6.07) is 10.2. The molecule has 0 spiro atoms. The number of nitrogens with two attached hydrogens (primary N) is 1. The van der Waals surface area contributed by atoms with E-state index in [4.69, 9.17) is 9.66 Å². The highest BCUT2D eigenvalue weighted by Gasteiger charge is 2.31. The van der Waals surface area contributed by atoms with Crippen molar-refractivity contribution in [3.63, 3.8) is 0 Å². The normalized spacial score (nSPS) is 17.4. The van der Waals surface area contributed by atoms with Crippen molar-refractivity contribution >= 4 is 15.8 Å². The van der Waals surface area contributed by atoms with Gasteiger partial charge >= 0.3 is 0 Å². The van der Waals surface area contributed by atoms with Gasteiger partial charge in [0.1, 0.15) is 0 Å². The molecular formula is C22H26N4O4S. The van der Waals surface area contributed by atoms with Gasteiger partial charge in [0.15, 0.2) is 11.5 Å². The highest BCUT2D eigenvalue weighted by molar-refractivity contribution is 7.89. The van der Waals surface area contributed by atoms with Gasteiger partial charge in [0.05, 0.1) is 23.2 Å². The van der Waals surface area contributed by atoms with Gasteiger partial charge in [0.2, 0.25) is 10.0 Å². The molecule has 0 amide bonds. The zero-order valence-electron chi connectivity index (χ0n) is 17.8. The molecular weight excluding hydrogens is 416 g/mol. The molecule has 0 aliphatic carbocycles. The first-order valence-corrected chi connectivity index (χ1v) is 11.7. The second-order valence-electron chi connectivity index (χ2n) is 8.08. The van der Waals surface area contributed by atoms with Crippen LogP contribution in [0.4, 0.5) is 0 Å². The summed E-state index contributed by atoms with van der Waals surface area (Å²) in [5.74, 6) is 0.854. The van der Waals surface area contributed by atoms with Crippen molar-refractivity contribution in [3.05, 3.63) is 64.8 Å². The summed E-state index contributed by atoms with van der Waals surface area (Å²) in [7, 11) is -3.75. The van der Waals surface area contributed by atoms with Gasteiger partial charge in [-0.3, -0.25) is 9.69 Å². The lowest BCUT2D eigenvalue weighted by atomic mass is 10.1. The monoisotopic (exact) mass is 442 g/mol. The number of hydrogen-bond acceptors (Lipinski definition) is 6. The lowest BCUT2D eigenvalue weighted by molar-refractivity contribution is 0.0910. The van der Waals surface area contributed by atoms with Crippen LogP contribution in [-0.2, 0) is 10.0 Å². The minimum absolute atomic E-state index is 0.0450. The van der Waals surface area contributed by atoms with Gasteiger partial charge in [-0.15, -0.1) is 0 Å². The first-order chi connectivity index (χ1) is 14.6. The van der Waals surface area contributed by atoms with Crippen molar-refractivity contribution in [2.75, 3.05) is 13.1 Å². The van der Waals surface area contributed by atoms with E-state index < -0.39 is 10.0 Å². The molecule has 0 radical (unpaired) electrons. The minimum atomic E-state index is -3.75. The number of likely N-dealkylation sites (tertiary alicyclic amines) is 1. The van der Waals surface area contributed by atoms with Gasteiger partial charge in [-0.25, -0.2) is 13.6 Å². The first-order valence-electron chi connectivity index (χ1n) is 10.2. The number of primary sulfonamides is 1. The first kappa shape index (κ1) is 21.5. The number of carbonyl (C=O) groups excluding carboxylic acids is 1. The fraction of sp³-hybridized carbons (Fsp3) is 0.364. The Kier molecular flexibility index (Phi) is 5.59. The molecule has 9 heteroatoms. The second kappa shape index (κ2) is 8.07. The highest BCUT2D eigenvalue weighted by atomic mass is 32.2. The van der Waals surface area contributed by atoms with Crippen molar-refractivity contribution in [1.82, 2.24) is 14.6 Å². The molecule has 1 aliphatic heterocycles. The van der Waals surface area contributed by atoms with Crippen LogP contribution in [-0.4, -0.2) is 41.9 Å². The molecule has 0 saturated carbocycles. The molecule has 31 heavy (non-hydrogen) atoms. The fourth-order valence-corrected chi connectivity index (χ4v) is 4.89. The van der Waals surface area contributed by atoms with E-state index in [0.29, 0.717) is 12.1 Å². The summed E-state index contributed by atoms with van der Waals surface area (Å²) in [5, 5.41) is 9.17. The van der Waals surface area contributed by atoms with E-state index >= 15 is 0 Å². The average Bonchev–Trinajstić information content (AvgIpc) is 3.40. The van der Waals surface area contributed by atoms with Gasteiger partial charge in [-0.05, 0) is 70.5 Å². The van der Waals surface area contributed by atoms with Gasteiger partial charge in [-0.2, -0.15) is 0 Å². The Morgan fingerprint density at radius 1 is 1.19 bits per heavy atom. The van der Waals surface area contributed by atoms with Crippen molar-refractivity contribution in [3.8, 4) is 5.69 Å². The van der Waals surface area contributed by atoms with Crippen molar-refractivity contribution in [2.24, 2.45) is 5.14 Å². The molecule has 4 rings (SSSR count). The summed E-state index contributed by atoms with van der Waals surface area (Å²) >= 11 is 0. The van der Waals surface area contributed by atoms with E-state index in [9.17, 15) is 13.2 Å². The minimum Gasteiger partial charge on any atom is -0.359 e. The maximum Gasteiger partial charge on any atom is 0.238 e. The SMILES string of the molecule is Cc1cc(C2CCCN2CC(=O)c2cc(C)n(-c3ccc(S(N)(=O)=O)cc3)c2C)on1. The van der Waals surface area contributed by atoms with Crippen LogP contribution in [0.15, 0.2) is 45.8 Å². The maximum absolute atomic E-state index is 13.2. The number of Topliss-reactive ketones (excluding diaryl/α,β-unsaturated/α-hetero) is 1. The molecule has 0 bridgehead atoms. The molecule has 1 fully saturated rings. The molecule has 1 atom stereocenters. The maximum atomic E-state index is 13.2. The Morgan fingerprint density at radius 3 is 2.52 bits per heavy atom. The van der Waals surface area contributed by atoms with E-state index in [1.807, 2.05) is 37.5 Å². The predicted molar refractivity (Wildman–Crippen MR) is 116 cm³/mol. The number of carbonyl (C=O) groups is 1. The molecule has 1 unspecified atom stereocenters. The summed E-state index contributed by atoms with van der Waals surface area (Å²) in [4.78, 5) is 15.4. The number of rotatable bonds is 6. The van der Waals surface area contributed by atoms with Gasteiger partial charge in [0.25, 0.3) is 0 Å². The van der Waals surface area contributed by atoms with Gasteiger partial charge < -0.3 is 9.09 Å². The summed E-state index contributed by atoms with van der Waals surface area (Å²) in [6.07, 6.45) is 1.95. The molecule has 164 valence electrons. The fourth-order valence-electron chi connectivity index (χ4n) is 4.37. The largest absolute Gasteiger partial charge is 0.359 e. The van der Waals surface area contributed by atoms with Crippen LogP contribution in [0.25, 0.3) is 5.69 Å². The van der Waals surface area contributed by atoms with Crippen LogP contribution in [0.3, 0.4) is 0 Å². The average molecular weight is 443 g/mol. The Morgan fingerprint density at radius 2 is 1.90 bits per heavy atom. The van der Waals surface area contributed by atoms with Crippen LogP contribution >= 0.6 is 0 Å². The Bertz CT molecular complexity index is 1220. The van der Waals surface area contributed by atoms with Crippen LogP contribution in [0.5, 0.6) is 0 Å². The number of aryl methyl sites for hydroxylation is 2. The zero-order chi connectivity index (χ0) is 22.3. The standard InChI is InChI=1S/C22H26N4O4S/c1-14-11-22(30-24-14)20-5-4-10-25(20)13-21(27)19-12-15(2)26(16(19)3)17-6-8-18(9-7-17)31(23,28)29/h6-9,11-12,20H,4-5,10,13H2,1-3H3,(H2,23,28,29). The molecule has 8 nitrogen and oxygen atoms in total. The van der Waals surface area contributed by atoms with Gasteiger partial charge in [-0.1, -0.05) is 5.16 Å². The van der Waals surface area contributed by atoms with E-state index in [1.54, 1.807) is 12.1 Å². The number of hydrogen-bond donors (Lipinski definition) is 1. The summed E-state index contributed by atoms with van der Waals surface area (Å²) < 4.78 is 30.4. The quantitative estimate of drug-likeness (QED) is 0.587. The Hall–Kier alpha value is -2.75. The zero-order valence-corrected chi connectivity index (χ0v) is 18.6. The molecule has 1 aliphatic rings. The Balaban J connectivity index is 1.57. The van der Waals surface area contributed by atoms with Crippen LogP contribution in [0, 0.1) is 20.8 Å². The molecule has 2 aromatic heterocycles. The predicted octanol–water partition coefficient (Wildman–Crippen LogP) is 3.06. The topological polar surface area (TPSA) is 111 Å². The number of sulfonamides is 1. The van der Waals surface area contributed by atoms with Crippen LogP contribution < -0.4 is 5.14 Å².